The molecular weight excluding hydrogens is 398 g/mol. The van der Waals surface area contributed by atoms with E-state index in [1.54, 1.807) is 4.90 Å². The van der Waals surface area contributed by atoms with Crippen LogP contribution in [0.5, 0.6) is 5.75 Å². The summed E-state index contributed by atoms with van der Waals surface area (Å²) in [5.74, 6) is -0.0358. The van der Waals surface area contributed by atoms with Crippen LogP contribution < -0.4 is 10.1 Å². The van der Waals surface area contributed by atoms with Gasteiger partial charge in [0.25, 0.3) is 5.91 Å². The maximum absolute atomic E-state index is 12.9. The van der Waals surface area contributed by atoms with Gasteiger partial charge in [-0.25, -0.2) is 0 Å². The van der Waals surface area contributed by atoms with Crippen LogP contribution in [0.2, 0.25) is 0 Å². The van der Waals surface area contributed by atoms with Crippen molar-refractivity contribution in [3.05, 3.63) is 29.3 Å². The average Bonchev–Trinajstić information content (AvgIpc) is 3.22. The smallest absolute Gasteiger partial charge is 0.255 e. The van der Waals surface area contributed by atoms with E-state index >= 15 is 0 Å². The molecule has 3 aliphatic heterocycles. The summed E-state index contributed by atoms with van der Waals surface area (Å²) < 4.78 is 12.0. The number of rotatable bonds is 4. The van der Waals surface area contributed by atoms with Gasteiger partial charge in [0.05, 0.1) is 6.61 Å². The molecule has 5 rings (SSSR count). The summed E-state index contributed by atoms with van der Waals surface area (Å²) in [6.45, 7) is 3.97. The van der Waals surface area contributed by atoms with Crippen molar-refractivity contribution < 1.29 is 23.9 Å². The maximum Gasteiger partial charge on any atom is 0.255 e. The summed E-state index contributed by atoms with van der Waals surface area (Å²) in [5.41, 5.74) is 1.50. The van der Waals surface area contributed by atoms with Gasteiger partial charge in [0.1, 0.15) is 17.9 Å². The molecule has 3 atom stereocenters. The van der Waals surface area contributed by atoms with E-state index in [1.165, 1.54) is 0 Å². The van der Waals surface area contributed by atoms with Gasteiger partial charge in [-0.05, 0) is 55.9 Å². The third-order valence-electron chi connectivity index (χ3n) is 6.93. The molecule has 0 bridgehead atoms. The van der Waals surface area contributed by atoms with E-state index in [0.29, 0.717) is 24.6 Å². The molecule has 8 nitrogen and oxygen atoms in total. The van der Waals surface area contributed by atoms with Crippen molar-refractivity contribution in [3.63, 3.8) is 0 Å². The summed E-state index contributed by atoms with van der Waals surface area (Å²) in [6, 6.07) is 5.43. The largest absolute Gasteiger partial charge is 0.489 e. The molecule has 3 fully saturated rings. The van der Waals surface area contributed by atoms with Crippen molar-refractivity contribution in [1.29, 1.82) is 0 Å². The zero-order valence-corrected chi connectivity index (χ0v) is 17.7. The van der Waals surface area contributed by atoms with Crippen LogP contribution >= 0.6 is 0 Å². The van der Waals surface area contributed by atoms with Gasteiger partial charge < -0.3 is 14.4 Å². The number of nitrogens with zero attached hydrogens (tertiary/aromatic N) is 2. The Morgan fingerprint density at radius 2 is 1.94 bits per heavy atom. The van der Waals surface area contributed by atoms with Gasteiger partial charge in [-0.2, -0.15) is 0 Å². The summed E-state index contributed by atoms with van der Waals surface area (Å²) in [7, 11) is 0. The lowest BCUT2D eigenvalue weighted by Crippen LogP contribution is -2.52. The number of ether oxygens (including phenoxy) is 2. The second-order valence-electron chi connectivity index (χ2n) is 8.88. The van der Waals surface area contributed by atoms with Crippen molar-refractivity contribution in [2.45, 2.75) is 63.3 Å². The molecule has 4 aliphatic rings. The molecule has 1 unspecified atom stereocenters. The van der Waals surface area contributed by atoms with Gasteiger partial charge in [0.2, 0.25) is 11.8 Å². The fraction of sp³-hybridized carbons (Fsp3) is 0.609. The fourth-order valence-corrected chi connectivity index (χ4v) is 5.36. The molecule has 1 aliphatic carbocycles. The van der Waals surface area contributed by atoms with Crippen molar-refractivity contribution in [2.24, 2.45) is 0 Å². The first-order valence-electron chi connectivity index (χ1n) is 11.4. The van der Waals surface area contributed by atoms with Gasteiger partial charge in [0, 0.05) is 44.3 Å². The summed E-state index contributed by atoms with van der Waals surface area (Å²) in [4.78, 5) is 40.6. The summed E-state index contributed by atoms with van der Waals surface area (Å²) in [6.07, 6.45) is 5.14. The van der Waals surface area contributed by atoms with Crippen LogP contribution in [-0.2, 0) is 20.9 Å². The second kappa shape index (κ2) is 8.59. The van der Waals surface area contributed by atoms with E-state index in [2.05, 4.69) is 10.2 Å². The van der Waals surface area contributed by atoms with E-state index < -0.39 is 6.04 Å². The first-order valence-corrected chi connectivity index (χ1v) is 11.4. The maximum atomic E-state index is 12.9. The number of piperidine rings is 1. The second-order valence-corrected chi connectivity index (χ2v) is 8.88. The SMILES string of the molecule is O=C1CCC(N2Cc3cc(O[C@H]4CCC[C@H]4N4CCCOCC4)ccc3C2=O)C(=O)N1. The average molecular weight is 428 g/mol. The van der Waals surface area contributed by atoms with Gasteiger partial charge >= 0.3 is 0 Å². The number of carbonyl (C=O) groups is 3. The molecule has 2 saturated heterocycles. The van der Waals surface area contributed by atoms with E-state index in [4.69, 9.17) is 9.47 Å². The third-order valence-corrected chi connectivity index (χ3v) is 6.93. The molecule has 3 heterocycles. The minimum Gasteiger partial charge on any atom is -0.489 e. The highest BCUT2D eigenvalue weighted by Gasteiger charge is 2.39. The first kappa shape index (κ1) is 20.5. The third kappa shape index (κ3) is 4.06. The zero-order chi connectivity index (χ0) is 21.4. The zero-order valence-electron chi connectivity index (χ0n) is 17.7. The Morgan fingerprint density at radius 1 is 1.03 bits per heavy atom. The fourth-order valence-electron chi connectivity index (χ4n) is 5.36. The number of benzene rings is 1. The lowest BCUT2D eigenvalue weighted by Gasteiger charge is -2.31. The van der Waals surface area contributed by atoms with Crippen molar-refractivity contribution in [2.75, 3.05) is 26.3 Å². The molecule has 31 heavy (non-hydrogen) atoms. The highest BCUT2D eigenvalue weighted by molar-refractivity contribution is 6.05. The Kier molecular flexibility index (Phi) is 5.67. The van der Waals surface area contributed by atoms with Crippen LogP contribution in [0.15, 0.2) is 18.2 Å². The van der Waals surface area contributed by atoms with Crippen LogP contribution in [0.1, 0.15) is 54.4 Å². The van der Waals surface area contributed by atoms with Gasteiger partial charge in [-0.3, -0.25) is 24.6 Å². The van der Waals surface area contributed by atoms with E-state index in [9.17, 15) is 14.4 Å². The number of hydrogen-bond donors (Lipinski definition) is 1. The van der Waals surface area contributed by atoms with E-state index in [0.717, 1.165) is 63.3 Å². The topological polar surface area (TPSA) is 88.2 Å². The molecule has 166 valence electrons. The van der Waals surface area contributed by atoms with Crippen LogP contribution in [0.4, 0.5) is 0 Å². The molecule has 0 aromatic heterocycles. The standard InChI is InChI=1S/C23H29N3O5/c27-21-8-7-19(22(28)24-21)26-14-15-13-16(5-6-17(15)23(26)29)31-20-4-1-3-18(20)25-9-2-11-30-12-10-25/h5-6,13,18-20H,1-4,7-12,14H2,(H,24,27,28)/t18-,19?,20+/m1/s1. The lowest BCUT2D eigenvalue weighted by atomic mass is 10.0. The Labute approximate surface area is 181 Å². The molecule has 0 spiro atoms. The van der Waals surface area contributed by atoms with Crippen LogP contribution in [0.3, 0.4) is 0 Å². The molecule has 3 amide bonds. The van der Waals surface area contributed by atoms with Crippen molar-refractivity contribution in [3.8, 4) is 5.75 Å². The normalized spacial score (nSPS) is 29.6. The molecule has 1 N–H and O–H groups in total. The monoisotopic (exact) mass is 427 g/mol. The van der Waals surface area contributed by atoms with E-state index in [1.807, 2.05) is 18.2 Å². The van der Waals surface area contributed by atoms with E-state index in [-0.39, 0.29) is 30.2 Å². The van der Waals surface area contributed by atoms with Gasteiger partial charge in [-0.1, -0.05) is 0 Å². The number of fused-ring (bicyclic) bond motifs is 1. The Balaban J connectivity index is 1.28. The molecule has 0 radical (unpaired) electrons. The lowest BCUT2D eigenvalue weighted by molar-refractivity contribution is -0.136. The molecule has 8 heteroatoms. The minimum atomic E-state index is -0.591. The Morgan fingerprint density at radius 3 is 2.81 bits per heavy atom. The van der Waals surface area contributed by atoms with Crippen LogP contribution in [0.25, 0.3) is 0 Å². The number of nitrogens with one attached hydrogen (secondary N) is 1. The number of hydrogen-bond acceptors (Lipinski definition) is 6. The molecule has 1 saturated carbocycles. The van der Waals surface area contributed by atoms with Crippen molar-refractivity contribution >= 4 is 17.7 Å². The van der Waals surface area contributed by atoms with Crippen LogP contribution in [-0.4, -0.2) is 72.0 Å². The first-order chi connectivity index (χ1) is 15.1. The molecule has 1 aromatic rings. The predicted octanol–water partition coefficient (Wildman–Crippen LogP) is 1.47. The molecule has 1 aromatic carbocycles. The highest BCUT2D eigenvalue weighted by atomic mass is 16.5. The Bertz CT molecular complexity index is 880. The van der Waals surface area contributed by atoms with Crippen LogP contribution in [0, 0.1) is 0 Å². The minimum absolute atomic E-state index is 0.138. The summed E-state index contributed by atoms with van der Waals surface area (Å²) in [5, 5.41) is 2.34. The van der Waals surface area contributed by atoms with Gasteiger partial charge in [-0.15, -0.1) is 0 Å². The Hall–Kier alpha value is -2.45. The quantitative estimate of drug-likeness (QED) is 0.733. The molecular formula is C23H29N3O5. The van der Waals surface area contributed by atoms with Gasteiger partial charge in [0.15, 0.2) is 0 Å². The summed E-state index contributed by atoms with van der Waals surface area (Å²) >= 11 is 0. The van der Waals surface area contributed by atoms with Crippen molar-refractivity contribution in [1.82, 2.24) is 15.1 Å². The number of amides is 3. The predicted molar refractivity (Wildman–Crippen MR) is 112 cm³/mol. The highest BCUT2D eigenvalue weighted by Crippen LogP contribution is 2.33. The number of imide groups is 1. The number of carbonyl (C=O) groups excluding carboxylic acids is 3.